The standard InChI is InChI=1S/C12H16N2O/c1-14(2)12(15)10-7-8-5-3-4-6-9(8)11(10)13/h3-6,10-11H,7,13H2,1-2H3/t10?,11-/m1/s1. The number of rotatable bonds is 1. The zero-order valence-corrected chi connectivity index (χ0v) is 9.10. The van der Waals surface area contributed by atoms with E-state index in [9.17, 15) is 4.79 Å². The summed E-state index contributed by atoms with van der Waals surface area (Å²) in [5.74, 6) is 0.0381. The second-order valence-electron chi connectivity index (χ2n) is 4.27. The van der Waals surface area contributed by atoms with Crippen LogP contribution in [0, 0.1) is 5.92 Å². The molecule has 0 spiro atoms. The van der Waals surface area contributed by atoms with E-state index in [0.717, 1.165) is 12.0 Å². The smallest absolute Gasteiger partial charge is 0.227 e. The van der Waals surface area contributed by atoms with Gasteiger partial charge in [0.1, 0.15) is 0 Å². The van der Waals surface area contributed by atoms with Crippen molar-refractivity contribution in [1.82, 2.24) is 4.90 Å². The second kappa shape index (κ2) is 3.66. The van der Waals surface area contributed by atoms with Crippen molar-refractivity contribution in [2.24, 2.45) is 11.7 Å². The zero-order chi connectivity index (χ0) is 11.0. The SMILES string of the molecule is CN(C)C(=O)C1Cc2ccccc2[C@H]1N. The third kappa shape index (κ3) is 1.63. The molecule has 15 heavy (non-hydrogen) atoms. The molecule has 1 aromatic rings. The number of hydrogen-bond donors (Lipinski definition) is 1. The molecule has 0 saturated carbocycles. The highest BCUT2D eigenvalue weighted by atomic mass is 16.2. The lowest BCUT2D eigenvalue weighted by molar-refractivity contribution is -0.133. The molecule has 2 rings (SSSR count). The van der Waals surface area contributed by atoms with Crippen LogP contribution in [-0.4, -0.2) is 24.9 Å². The number of benzene rings is 1. The molecule has 1 aliphatic carbocycles. The Morgan fingerprint density at radius 2 is 2.07 bits per heavy atom. The predicted octanol–water partition coefficient (Wildman–Crippen LogP) is 0.947. The second-order valence-corrected chi connectivity index (χ2v) is 4.27. The van der Waals surface area contributed by atoms with Crippen molar-refractivity contribution in [3.8, 4) is 0 Å². The zero-order valence-electron chi connectivity index (χ0n) is 9.10. The van der Waals surface area contributed by atoms with Crippen molar-refractivity contribution in [3.05, 3.63) is 35.4 Å². The molecule has 3 heteroatoms. The van der Waals surface area contributed by atoms with Crippen molar-refractivity contribution < 1.29 is 4.79 Å². The Kier molecular flexibility index (Phi) is 2.49. The first-order valence-corrected chi connectivity index (χ1v) is 5.16. The van der Waals surface area contributed by atoms with Crippen LogP contribution in [0.25, 0.3) is 0 Å². The number of nitrogens with two attached hydrogens (primary N) is 1. The Morgan fingerprint density at radius 3 is 2.67 bits per heavy atom. The predicted molar refractivity (Wildman–Crippen MR) is 59.3 cm³/mol. The van der Waals surface area contributed by atoms with Crippen LogP contribution in [0.3, 0.4) is 0 Å². The van der Waals surface area contributed by atoms with Gasteiger partial charge in [-0.3, -0.25) is 4.79 Å². The van der Waals surface area contributed by atoms with E-state index in [1.807, 2.05) is 18.2 Å². The Bertz CT molecular complexity index is 387. The highest BCUT2D eigenvalue weighted by Crippen LogP contribution is 2.34. The molecular formula is C12H16N2O. The van der Waals surface area contributed by atoms with Crippen LogP contribution in [0.2, 0.25) is 0 Å². The summed E-state index contributed by atoms with van der Waals surface area (Å²) in [6, 6.07) is 7.90. The van der Waals surface area contributed by atoms with Gasteiger partial charge in [0, 0.05) is 20.1 Å². The van der Waals surface area contributed by atoms with Gasteiger partial charge in [0.25, 0.3) is 0 Å². The van der Waals surface area contributed by atoms with E-state index in [1.165, 1.54) is 5.56 Å². The molecule has 80 valence electrons. The van der Waals surface area contributed by atoms with Crippen molar-refractivity contribution in [3.63, 3.8) is 0 Å². The number of carbonyl (C=O) groups excluding carboxylic acids is 1. The largest absolute Gasteiger partial charge is 0.349 e. The van der Waals surface area contributed by atoms with Crippen molar-refractivity contribution in [2.75, 3.05) is 14.1 Å². The Morgan fingerprint density at radius 1 is 1.40 bits per heavy atom. The lowest BCUT2D eigenvalue weighted by atomic mass is 10.0. The number of fused-ring (bicyclic) bond motifs is 1. The molecule has 1 unspecified atom stereocenters. The fourth-order valence-electron chi connectivity index (χ4n) is 2.20. The lowest BCUT2D eigenvalue weighted by Gasteiger charge is -2.19. The lowest BCUT2D eigenvalue weighted by Crippen LogP contribution is -2.34. The molecule has 0 aliphatic heterocycles. The summed E-state index contributed by atoms with van der Waals surface area (Å²) in [7, 11) is 3.55. The molecule has 0 fully saturated rings. The monoisotopic (exact) mass is 204 g/mol. The summed E-state index contributed by atoms with van der Waals surface area (Å²) in [6.45, 7) is 0. The summed E-state index contributed by atoms with van der Waals surface area (Å²) < 4.78 is 0. The first-order chi connectivity index (χ1) is 7.11. The third-order valence-electron chi connectivity index (χ3n) is 3.05. The summed E-state index contributed by atoms with van der Waals surface area (Å²) in [5, 5.41) is 0. The third-order valence-corrected chi connectivity index (χ3v) is 3.05. The van der Waals surface area contributed by atoms with Crippen LogP contribution in [-0.2, 0) is 11.2 Å². The van der Waals surface area contributed by atoms with Gasteiger partial charge < -0.3 is 10.6 Å². The first-order valence-electron chi connectivity index (χ1n) is 5.16. The van der Waals surface area contributed by atoms with Crippen molar-refractivity contribution in [2.45, 2.75) is 12.5 Å². The first kappa shape index (κ1) is 10.2. The molecule has 0 radical (unpaired) electrons. The fourth-order valence-corrected chi connectivity index (χ4v) is 2.20. The molecule has 2 N–H and O–H groups in total. The Balaban J connectivity index is 2.27. The van der Waals surface area contributed by atoms with Gasteiger partial charge in [0.2, 0.25) is 5.91 Å². The van der Waals surface area contributed by atoms with Crippen LogP contribution in [0.5, 0.6) is 0 Å². The maximum atomic E-state index is 11.9. The van der Waals surface area contributed by atoms with E-state index in [1.54, 1.807) is 19.0 Å². The maximum Gasteiger partial charge on any atom is 0.227 e. The van der Waals surface area contributed by atoms with Gasteiger partial charge in [-0.2, -0.15) is 0 Å². The minimum atomic E-state index is -0.143. The molecular weight excluding hydrogens is 188 g/mol. The fraction of sp³-hybridized carbons (Fsp3) is 0.417. The maximum absolute atomic E-state index is 11.9. The molecule has 2 atom stereocenters. The van der Waals surface area contributed by atoms with Crippen LogP contribution < -0.4 is 5.73 Å². The van der Waals surface area contributed by atoms with Crippen molar-refractivity contribution in [1.29, 1.82) is 0 Å². The Hall–Kier alpha value is -1.35. The van der Waals surface area contributed by atoms with E-state index in [-0.39, 0.29) is 17.9 Å². The summed E-state index contributed by atoms with van der Waals surface area (Å²) in [6.07, 6.45) is 0.772. The van der Waals surface area contributed by atoms with E-state index in [2.05, 4.69) is 6.07 Å². The van der Waals surface area contributed by atoms with Crippen LogP contribution in [0.4, 0.5) is 0 Å². The molecule has 3 nitrogen and oxygen atoms in total. The minimum absolute atomic E-state index is 0.0857. The van der Waals surface area contributed by atoms with Gasteiger partial charge >= 0.3 is 0 Å². The topological polar surface area (TPSA) is 46.3 Å². The van der Waals surface area contributed by atoms with Gasteiger partial charge in [0.15, 0.2) is 0 Å². The highest BCUT2D eigenvalue weighted by Gasteiger charge is 2.35. The number of nitrogens with zero attached hydrogens (tertiary/aromatic N) is 1. The average Bonchev–Trinajstić information content (AvgIpc) is 2.56. The van der Waals surface area contributed by atoms with Crippen LogP contribution in [0.1, 0.15) is 17.2 Å². The van der Waals surface area contributed by atoms with Gasteiger partial charge in [0.05, 0.1) is 5.92 Å². The molecule has 0 bridgehead atoms. The highest BCUT2D eigenvalue weighted by molar-refractivity contribution is 5.80. The van der Waals surface area contributed by atoms with Gasteiger partial charge in [-0.15, -0.1) is 0 Å². The summed E-state index contributed by atoms with van der Waals surface area (Å²) in [5.41, 5.74) is 8.42. The van der Waals surface area contributed by atoms with E-state index >= 15 is 0 Å². The Labute approximate surface area is 89.9 Å². The van der Waals surface area contributed by atoms with Gasteiger partial charge in [-0.1, -0.05) is 24.3 Å². The summed E-state index contributed by atoms with van der Waals surface area (Å²) in [4.78, 5) is 13.5. The van der Waals surface area contributed by atoms with Crippen molar-refractivity contribution >= 4 is 5.91 Å². The van der Waals surface area contributed by atoms with Gasteiger partial charge in [-0.25, -0.2) is 0 Å². The summed E-state index contributed by atoms with van der Waals surface area (Å²) >= 11 is 0. The number of carbonyl (C=O) groups is 1. The number of hydrogen-bond acceptors (Lipinski definition) is 2. The molecule has 0 saturated heterocycles. The molecule has 1 aliphatic rings. The minimum Gasteiger partial charge on any atom is -0.349 e. The molecule has 0 aromatic heterocycles. The average molecular weight is 204 g/mol. The van der Waals surface area contributed by atoms with Crippen LogP contribution in [0.15, 0.2) is 24.3 Å². The van der Waals surface area contributed by atoms with Crippen LogP contribution >= 0.6 is 0 Å². The molecule has 0 heterocycles. The number of amides is 1. The van der Waals surface area contributed by atoms with E-state index in [0.29, 0.717) is 0 Å². The normalized spacial score (nSPS) is 23.7. The molecule has 1 aromatic carbocycles. The van der Waals surface area contributed by atoms with E-state index in [4.69, 9.17) is 5.73 Å². The van der Waals surface area contributed by atoms with E-state index < -0.39 is 0 Å². The quantitative estimate of drug-likeness (QED) is 0.740. The molecule has 1 amide bonds. The van der Waals surface area contributed by atoms with Gasteiger partial charge in [-0.05, 0) is 17.5 Å².